The number of ether oxygens (including phenoxy) is 2. The second-order valence-electron chi connectivity index (χ2n) is 17.0. The predicted molar refractivity (Wildman–Crippen MR) is 242 cm³/mol. The molecule has 2 aliphatic carbocycles. The monoisotopic (exact) mass is 836 g/mol. The van der Waals surface area contributed by atoms with Crippen molar-refractivity contribution in [3.63, 3.8) is 0 Å². The summed E-state index contributed by atoms with van der Waals surface area (Å²) in [6.07, 6.45) is 12.8. The predicted octanol–water partition coefficient (Wildman–Crippen LogP) is 12.1. The quantitative estimate of drug-likeness (QED) is 0.106. The van der Waals surface area contributed by atoms with Crippen LogP contribution < -0.4 is 5.32 Å². The minimum atomic E-state index is -1.46. The van der Waals surface area contributed by atoms with E-state index in [1.54, 1.807) is 11.0 Å². The fourth-order valence-electron chi connectivity index (χ4n) is 9.90. The molecule has 2 atom stereocenters. The van der Waals surface area contributed by atoms with E-state index in [1.807, 2.05) is 72.8 Å². The number of hydrogen-bond acceptors (Lipinski definition) is 5. The standard InChI is InChI=1S/C53H57ClN2O5/c54-48-29-17-16-28-47(48)53(40-22-10-6-11-23-40,41-32-30-39(31-33-41)38-20-8-4-2-1-3-5-9-21-38)61-50(57)36-49(51(58)56-34-18-7-19-35-56)55-52(59)60-37-46-44-26-14-12-24-42(44)43-25-13-15-27-45(43)46/h6,10-17,22-33,38,46,49H,1-5,7-9,18-21,34-37H2,(H,55,59)/t49-,53?/m0/s1. The molecule has 2 amide bonds. The van der Waals surface area contributed by atoms with Gasteiger partial charge in [-0.25, -0.2) is 4.79 Å². The van der Waals surface area contributed by atoms with Crippen molar-refractivity contribution >= 4 is 29.6 Å². The van der Waals surface area contributed by atoms with Crippen LogP contribution in [0.5, 0.6) is 0 Å². The average molecular weight is 838 g/mol. The first kappa shape index (κ1) is 42.3. The Bertz CT molecular complexity index is 2220. The minimum Gasteiger partial charge on any atom is -0.449 e. The van der Waals surface area contributed by atoms with E-state index >= 15 is 0 Å². The molecule has 8 rings (SSSR count). The second kappa shape index (κ2) is 20.0. The molecule has 0 aromatic heterocycles. The number of halogens is 1. The molecule has 5 aromatic carbocycles. The van der Waals surface area contributed by atoms with Crippen molar-refractivity contribution in [1.29, 1.82) is 0 Å². The van der Waals surface area contributed by atoms with Crippen LogP contribution in [0.4, 0.5) is 4.79 Å². The number of carbonyl (C=O) groups is 3. The first-order chi connectivity index (χ1) is 29.9. The number of carbonyl (C=O) groups excluding carboxylic acids is 3. The van der Waals surface area contributed by atoms with E-state index in [-0.39, 0.29) is 18.4 Å². The number of likely N-dealkylation sites (tertiary alicyclic amines) is 1. The first-order valence-corrected chi connectivity index (χ1v) is 22.8. The van der Waals surface area contributed by atoms with Crippen LogP contribution in [0.15, 0.2) is 127 Å². The lowest BCUT2D eigenvalue weighted by Crippen LogP contribution is -2.51. The van der Waals surface area contributed by atoms with Crippen LogP contribution in [0.25, 0.3) is 11.1 Å². The molecular formula is C53H57ClN2O5. The van der Waals surface area contributed by atoms with Crippen molar-refractivity contribution < 1.29 is 23.9 Å². The highest BCUT2D eigenvalue weighted by atomic mass is 35.5. The van der Waals surface area contributed by atoms with Crippen LogP contribution >= 0.6 is 11.6 Å². The molecule has 1 unspecified atom stereocenters. The number of esters is 1. The summed E-state index contributed by atoms with van der Waals surface area (Å²) in [4.78, 5) is 44.5. The van der Waals surface area contributed by atoms with Crippen molar-refractivity contribution in [2.24, 2.45) is 0 Å². The number of amides is 2. The number of fused-ring (bicyclic) bond motifs is 3. The van der Waals surface area contributed by atoms with Crippen LogP contribution in [0, 0.1) is 0 Å². The highest BCUT2D eigenvalue weighted by Gasteiger charge is 2.43. The summed E-state index contributed by atoms with van der Waals surface area (Å²) in [5.74, 6) is -0.682. The van der Waals surface area contributed by atoms with Gasteiger partial charge in [0.15, 0.2) is 5.60 Å². The van der Waals surface area contributed by atoms with Crippen molar-refractivity contribution in [2.75, 3.05) is 19.7 Å². The molecule has 7 nitrogen and oxygen atoms in total. The van der Waals surface area contributed by atoms with Gasteiger partial charge in [-0.2, -0.15) is 0 Å². The van der Waals surface area contributed by atoms with E-state index in [2.05, 4.69) is 53.8 Å². The maximum atomic E-state index is 14.7. The molecule has 0 bridgehead atoms. The smallest absolute Gasteiger partial charge is 0.407 e. The van der Waals surface area contributed by atoms with E-state index < -0.39 is 30.1 Å². The van der Waals surface area contributed by atoms with Gasteiger partial charge in [0.1, 0.15) is 12.6 Å². The number of benzene rings is 5. The number of piperidine rings is 1. The summed E-state index contributed by atoms with van der Waals surface area (Å²) in [5.41, 5.74) is 6.29. The van der Waals surface area contributed by atoms with Gasteiger partial charge >= 0.3 is 12.1 Å². The summed E-state index contributed by atoms with van der Waals surface area (Å²) >= 11 is 7.06. The molecule has 1 heterocycles. The molecule has 1 aliphatic heterocycles. The second-order valence-corrected chi connectivity index (χ2v) is 17.4. The van der Waals surface area contributed by atoms with Gasteiger partial charge in [0.2, 0.25) is 5.91 Å². The Hall–Kier alpha value is -5.40. The lowest BCUT2D eigenvalue weighted by atomic mass is 9.78. The molecule has 0 spiro atoms. The van der Waals surface area contributed by atoms with E-state index in [1.165, 1.54) is 50.5 Å². The van der Waals surface area contributed by atoms with Crippen molar-refractivity contribution in [2.45, 2.75) is 107 Å². The topological polar surface area (TPSA) is 84.9 Å². The fraction of sp³-hybridized carbons (Fsp3) is 0.377. The van der Waals surface area contributed by atoms with Gasteiger partial charge in [-0.15, -0.1) is 0 Å². The van der Waals surface area contributed by atoms with Crippen LogP contribution in [0.2, 0.25) is 5.02 Å². The van der Waals surface area contributed by atoms with Gasteiger partial charge in [0, 0.05) is 40.7 Å². The maximum Gasteiger partial charge on any atom is 0.407 e. The minimum absolute atomic E-state index is 0.0788. The molecular weight excluding hydrogens is 780 g/mol. The Labute approximate surface area is 365 Å². The van der Waals surface area contributed by atoms with Gasteiger partial charge in [0.25, 0.3) is 0 Å². The zero-order valence-corrected chi connectivity index (χ0v) is 35.8. The largest absolute Gasteiger partial charge is 0.449 e. The number of rotatable bonds is 11. The average Bonchev–Trinajstić information content (AvgIpc) is 3.63. The maximum absolute atomic E-state index is 14.7. The highest BCUT2D eigenvalue weighted by molar-refractivity contribution is 6.31. The summed E-state index contributed by atoms with van der Waals surface area (Å²) in [5, 5.41) is 3.25. The third kappa shape index (κ3) is 9.58. The van der Waals surface area contributed by atoms with Crippen LogP contribution in [0.1, 0.15) is 129 Å². The molecule has 0 radical (unpaired) electrons. The zero-order valence-electron chi connectivity index (χ0n) is 35.0. The molecule has 61 heavy (non-hydrogen) atoms. The molecule has 1 saturated heterocycles. The third-order valence-corrected chi connectivity index (χ3v) is 13.4. The number of hydrogen-bond donors (Lipinski definition) is 1. The molecule has 1 saturated carbocycles. The van der Waals surface area contributed by atoms with E-state index in [0.29, 0.717) is 35.2 Å². The summed E-state index contributed by atoms with van der Waals surface area (Å²) in [7, 11) is 0. The molecule has 1 N–H and O–H groups in total. The summed E-state index contributed by atoms with van der Waals surface area (Å²) in [6.45, 7) is 1.19. The van der Waals surface area contributed by atoms with Gasteiger partial charge in [-0.05, 0) is 71.9 Å². The van der Waals surface area contributed by atoms with Crippen molar-refractivity contribution in [3.05, 3.63) is 166 Å². The number of nitrogens with one attached hydrogen (secondary N) is 1. The lowest BCUT2D eigenvalue weighted by molar-refractivity contribution is -0.156. The number of nitrogens with zero attached hydrogens (tertiary/aromatic N) is 1. The Balaban J connectivity index is 1.08. The molecule has 2 fully saturated rings. The molecule has 5 aromatic rings. The van der Waals surface area contributed by atoms with Crippen LogP contribution in [0.3, 0.4) is 0 Å². The lowest BCUT2D eigenvalue weighted by Gasteiger charge is -2.37. The Morgan fingerprint density at radius 1 is 0.639 bits per heavy atom. The van der Waals surface area contributed by atoms with E-state index in [0.717, 1.165) is 59.9 Å². The van der Waals surface area contributed by atoms with Crippen molar-refractivity contribution in [1.82, 2.24) is 10.2 Å². The summed E-state index contributed by atoms with van der Waals surface area (Å²) in [6, 6.07) is 40.7. The first-order valence-electron chi connectivity index (χ1n) is 22.5. The van der Waals surface area contributed by atoms with E-state index in [4.69, 9.17) is 21.1 Å². The molecule has 316 valence electrons. The Morgan fingerprint density at radius 2 is 1.18 bits per heavy atom. The highest BCUT2D eigenvalue weighted by Crippen LogP contribution is 2.46. The molecule has 8 heteroatoms. The Kier molecular flexibility index (Phi) is 13.9. The van der Waals surface area contributed by atoms with Crippen LogP contribution in [-0.2, 0) is 24.7 Å². The Morgan fingerprint density at radius 3 is 1.82 bits per heavy atom. The third-order valence-electron chi connectivity index (χ3n) is 13.1. The van der Waals surface area contributed by atoms with Gasteiger partial charge < -0.3 is 19.7 Å². The van der Waals surface area contributed by atoms with Crippen molar-refractivity contribution in [3.8, 4) is 11.1 Å². The zero-order chi connectivity index (χ0) is 42.0. The van der Waals surface area contributed by atoms with Gasteiger partial charge in [0.05, 0.1) is 6.42 Å². The normalized spacial score (nSPS) is 17.6. The number of alkyl carbamates (subject to hydrolysis) is 1. The van der Waals surface area contributed by atoms with Gasteiger partial charge in [-0.1, -0.05) is 178 Å². The SMILES string of the molecule is O=C(C[C@H](NC(=O)OCC1c2ccccc2-c2ccccc21)C(=O)N1CCCCC1)OC(c1ccccc1)(c1ccc(C2CCCCCCCCC2)cc1)c1ccccc1Cl. The van der Waals surface area contributed by atoms with E-state index in [9.17, 15) is 14.4 Å². The summed E-state index contributed by atoms with van der Waals surface area (Å²) < 4.78 is 12.7. The fourth-order valence-corrected chi connectivity index (χ4v) is 10.2. The van der Waals surface area contributed by atoms with Crippen LogP contribution in [-0.4, -0.2) is 48.6 Å². The van der Waals surface area contributed by atoms with Gasteiger partial charge in [-0.3, -0.25) is 9.59 Å². The molecule has 3 aliphatic rings.